The standard InChI is InChI=1S/C41H41ClN5O10P/c1-25(2)38(48)45-40-44-37-36(39(49)46-40)43-24-47(37)35-22-33(57-58(50,51)56-32-20-14-29(42)15-21-32)34(55-35)23-54-41(26-8-6-5-7-9-26,27-10-16-30(52-3)17-11-27)28-12-18-31(53-4)19-13-28/h5-21,24-25,33-35H,22-23H2,1-4H3,(H,50,51)(H2,44,45,46,48,49)/p-1/t33-,34+,35+/m0/s1. The third-order valence-corrected chi connectivity index (χ3v) is 10.8. The number of amides is 1. The van der Waals surface area contributed by atoms with Crippen molar-refractivity contribution in [1.82, 2.24) is 19.5 Å². The number of anilines is 1. The van der Waals surface area contributed by atoms with Crippen LogP contribution in [0.3, 0.4) is 0 Å². The highest BCUT2D eigenvalue weighted by molar-refractivity contribution is 7.46. The van der Waals surface area contributed by atoms with Gasteiger partial charge in [0.2, 0.25) is 11.9 Å². The van der Waals surface area contributed by atoms with E-state index in [0.717, 1.165) is 16.7 Å². The van der Waals surface area contributed by atoms with Gasteiger partial charge in [0.15, 0.2) is 11.2 Å². The minimum Gasteiger partial charge on any atom is -0.746 e. The molecule has 6 aromatic rings. The van der Waals surface area contributed by atoms with Crippen molar-refractivity contribution in [2.24, 2.45) is 5.92 Å². The maximum atomic E-state index is 13.5. The van der Waals surface area contributed by atoms with E-state index >= 15 is 0 Å². The molecule has 0 radical (unpaired) electrons. The number of H-pyrrole nitrogens is 1. The summed E-state index contributed by atoms with van der Waals surface area (Å²) in [6, 6.07) is 30.2. The second kappa shape index (κ2) is 17.1. The number of nitrogens with zero attached hydrogens (tertiary/aromatic N) is 3. The van der Waals surface area contributed by atoms with Crippen molar-refractivity contribution in [3.05, 3.63) is 142 Å². The molecular weight excluding hydrogens is 789 g/mol. The third kappa shape index (κ3) is 8.65. The van der Waals surface area contributed by atoms with Crippen LogP contribution in [0, 0.1) is 5.92 Å². The van der Waals surface area contributed by atoms with Crippen molar-refractivity contribution >= 4 is 42.4 Å². The first-order chi connectivity index (χ1) is 27.9. The lowest BCUT2D eigenvalue weighted by Gasteiger charge is -2.37. The predicted octanol–water partition coefficient (Wildman–Crippen LogP) is 6.61. The largest absolute Gasteiger partial charge is 0.746 e. The monoisotopic (exact) mass is 828 g/mol. The number of nitrogens with one attached hydrogen (secondary N) is 2. The molecule has 1 amide bonds. The second-order valence-electron chi connectivity index (χ2n) is 13.7. The number of methoxy groups -OCH3 is 2. The fourth-order valence-electron chi connectivity index (χ4n) is 6.68. The summed E-state index contributed by atoms with van der Waals surface area (Å²) in [5, 5.41) is 2.99. The number of hydrogen-bond donors (Lipinski definition) is 2. The number of hydrogen-bond acceptors (Lipinski definition) is 12. The number of carbonyl (C=O) groups is 1. The van der Waals surface area contributed by atoms with Gasteiger partial charge in [-0.1, -0.05) is 80.0 Å². The second-order valence-corrected chi connectivity index (χ2v) is 15.4. The van der Waals surface area contributed by atoms with Gasteiger partial charge in [0.1, 0.15) is 35.2 Å². The molecule has 17 heteroatoms. The summed E-state index contributed by atoms with van der Waals surface area (Å²) in [4.78, 5) is 50.4. The van der Waals surface area contributed by atoms with Gasteiger partial charge in [-0.15, -0.1) is 0 Å². The summed E-state index contributed by atoms with van der Waals surface area (Å²) in [5.41, 5.74) is 0.414. The Hall–Kier alpha value is -5.54. The third-order valence-electron chi connectivity index (χ3n) is 9.62. The average molecular weight is 829 g/mol. The quantitative estimate of drug-likeness (QED) is 0.0834. The van der Waals surface area contributed by atoms with Crippen LogP contribution in [0.4, 0.5) is 5.95 Å². The summed E-state index contributed by atoms with van der Waals surface area (Å²) in [6.07, 6.45) is -1.91. The minimum absolute atomic E-state index is 0.00638. The summed E-state index contributed by atoms with van der Waals surface area (Å²) in [5.74, 6) is 0.423. The Balaban J connectivity index is 1.29. The topological polar surface area (TPSA) is 188 Å². The summed E-state index contributed by atoms with van der Waals surface area (Å²) in [6.45, 7) is 3.18. The lowest BCUT2D eigenvalue weighted by molar-refractivity contribution is -0.223. The number of carbonyl (C=O) groups excluding carboxylic acids is 1. The van der Waals surface area contributed by atoms with E-state index in [4.69, 9.17) is 39.6 Å². The molecule has 1 saturated heterocycles. The van der Waals surface area contributed by atoms with Gasteiger partial charge >= 0.3 is 7.82 Å². The van der Waals surface area contributed by atoms with Crippen LogP contribution in [0.2, 0.25) is 5.02 Å². The Morgan fingerprint density at radius 3 is 2.12 bits per heavy atom. The Bertz CT molecular complexity index is 2420. The van der Waals surface area contributed by atoms with Crippen molar-refractivity contribution in [3.63, 3.8) is 0 Å². The highest BCUT2D eigenvalue weighted by Crippen LogP contribution is 2.47. The molecular formula is C41H40ClN5O10P-. The molecule has 1 unspecified atom stereocenters. The lowest BCUT2D eigenvalue weighted by Crippen LogP contribution is -2.38. The molecule has 3 heterocycles. The Morgan fingerprint density at radius 2 is 1.53 bits per heavy atom. The number of halogens is 1. The zero-order chi connectivity index (χ0) is 41.0. The molecule has 1 fully saturated rings. The number of imidazole rings is 1. The van der Waals surface area contributed by atoms with Crippen LogP contribution in [-0.4, -0.2) is 58.5 Å². The van der Waals surface area contributed by atoms with E-state index in [0.29, 0.717) is 16.5 Å². The molecule has 4 atom stereocenters. The van der Waals surface area contributed by atoms with E-state index in [-0.39, 0.29) is 47.7 Å². The number of phosphoric acid groups is 1. The molecule has 0 bridgehead atoms. The molecule has 0 aliphatic carbocycles. The molecule has 2 aromatic heterocycles. The fraction of sp³-hybridized carbons (Fsp3) is 0.268. The van der Waals surface area contributed by atoms with E-state index in [1.165, 1.54) is 35.2 Å². The fourth-order valence-corrected chi connectivity index (χ4v) is 7.78. The zero-order valence-corrected chi connectivity index (χ0v) is 33.5. The molecule has 4 aromatic carbocycles. The maximum absolute atomic E-state index is 13.5. The first-order valence-electron chi connectivity index (χ1n) is 18.3. The average Bonchev–Trinajstić information content (AvgIpc) is 3.83. The lowest BCUT2D eigenvalue weighted by atomic mass is 9.80. The number of fused-ring (bicyclic) bond motifs is 1. The van der Waals surface area contributed by atoms with E-state index in [9.17, 15) is 19.0 Å². The van der Waals surface area contributed by atoms with Crippen molar-refractivity contribution in [1.29, 1.82) is 0 Å². The van der Waals surface area contributed by atoms with Crippen LogP contribution >= 0.6 is 19.4 Å². The van der Waals surface area contributed by atoms with Crippen LogP contribution in [-0.2, 0) is 29.0 Å². The number of aromatic amines is 1. The number of ether oxygens (including phenoxy) is 4. The Labute approximate surface area is 338 Å². The predicted molar refractivity (Wildman–Crippen MR) is 213 cm³/mol. The normalized spacial score (nSPS) is 17.9. The number of phosphoric ester groups is 1. The number of rotatable bonds is 15. The van der Waals surface area contributed by atoms with Crippen molar-refractivity contribution in [3.8, 4) is 17.2 Å². The maximum Gasteiger partial charge on any atom is 0.320 e. The molecule has 2 N–H and O–H groups in total. The van der Waals surface area contributed by atoms with Gasteiger partial charge in [-0.2, -0.15) is 4.98 Å². The number of aromatic nitrogens is 4. The van der Waals surface area contributed by atoms with Gasteiger partial charge in [-0.05, 0) is 65.2 Å². The molecule has 15 nitrogen and oxygen atoms in total. The molecule has 0 spiro atoms. The van der Waals surface area contributed by atoms with Gasteiger partial charge in [-0.25, -0.2) is 4.98 Å². The number of benzene rings is 4. The van der Waals surface area contributed by atoms with E-state index in [1.807, 2.05) is 78.9 Å². The first-order valence-corrected chi connectivity index (χ1v) is 20.1. The highest BCUT2D eigenvalue weighted by atomic mass is 35.5. The van der Waals surface area contributed by atoms with E-state index < -0.39 is 37.4 Å². The van der Waals surface area contributed by atoms with Gasteiger partial charge < -0.3 is 32.9 Å². The zero-order valence-electron chi connectivity index (χ0n) is 31.9. The van der Waals surface area contributed by atoms with Crippen LogP contribution in [0.15, 0.2) is 114 Å². The molecule has 58 heavy (non-hydrogen) atoms. The smallest absolute Gasteiger partial charge is 0.320 e. The molecule has 1 aliphatic rings. The van der Waals surface area contributed by atoms with Gasteiger partial charge in [0.05, 0.1) is 33.3 Å². The van der Waals surface area contributed by atoms with Crippen LogP contribution in [0.5, 0.6) is 17.2 Å². The van der Waals surface area contributed by atoms with E-state index in [1.54, 1.807) is 28.1 Å². The van der Waals surface area contributed by atoms with E-state index in [2.05, 4.69) is 20.3 Å². The highest BCUT2D eigenvalue weighted by Gasteiger charge is 2.44. The van der Waals surface area contributed by atoms with Crippen molar-refractivity contribution in [2.75, 3.05) is 26.1 Å². The van der Waals surface area contributed by atoms with Gasteiger partial charge in [0, 0.05) is 17.4 Å². The van der Waals surface area contributed by atoms with Gasteiger partial charge in [-0.3, -0.25) is 29.0 Å². The summed E-state index contributed by atoms with van der Waals surface area (Å²) < 4.78 is 50.7. The summed E-state index contributed by atoms with van der Waals surface area (Å²) in [7, 11) is -1.91. The molecule has 7 rings (SSSR count). The minimum atomic E-state index is -5.06. The van der Waals surface area contributed by atoms with Crippen LogP contribution in [0.25, 0.3) is 11.2 Å². The summed E-state index contributed by atoms with van der Waals surface area (Å²) >= 11 is 6.01. The van der Waals surface area contributed by atoms with Crippen molar-refractivity contribution in [2.45, 2.75) is 44.3 Å². The Morgan fingerprint density at radius 1 is 0.948 bits per heavy atom. The van der Waals surface area contributed by atoms with Gasteiger partial charge in [0.25, 0.3) is 5.56 Å². The molecule has 1 aliphatic heterocycles. The van der Waals surface area contributed by atoms with Crippen LogP contribution < -0.4 is 29.8 Å². The molecule has 302 valence electrons. The van der Waals surface area contributed by atoms with Crippen molar-refractivity contribution < 1.29 is 42.2 Å². The Kier molecular flexibility index (Phi) is 12.0. The first kappa shape index (κ1) is 40.6. The SMILES string of the molecule is COc1ccc(C(OC[C@H]2O[C@@H](n3cnc4c(=O)[nH]c(NC(=O)C(C)C)nc43)C[C@@H]2OP(=O)([O-])Oc2ccc(Cl)cc2)(c2ccccc2)c2ccc(OC)cc2)cc1. The van der Waals surface area contributed by atoms with Crippen LogP contribution in [0.1, 0.15) is 43.2 Å². The molecule has 0 saturated carbocycles.